The number of urea groups is 1. The van der Waals surface area contributed by atoms with Crippen LogP contribution in [0.1, 0.15) is 22.7 Å². The number of hydrogen-bond acceptors (Lipinski definition) is 3. The van der Waals surface area contributed by atoms with Gasteiger partial charge in [0.05, 0.1) is 0 Å². The van der Waals surface area contributed by atoms with E-state index in [4.69, 9.17) is 5.73 Å². The smallest absolute Gasteiger partial charge is 0.318 e. The van der Waals surface area contributed by atoms with Gasteiger partial charge in [-0.05, 0) is 27.8 Å². The molecular formula is C23H21N3O2. The Morgan fingerprint density at radius 3 is 1.82 bits per heavy atom. The van der Waals surface area contributed by atoms with E-state index in [-0.39, 0.29) is 0 Å². The molecule has 0 aromatic heterocycles. The molecule has 1 aliphatic heterocycles. The first-order valence-corrected chi connectivity index (χ1v) is 9.19. The van der Waals surface area contributed by atoms with Crippen LogP contribution in [-0.4, -0.2) is 16.8 Å². The van der Waals surface area contributed by atoms with Gasteiger partial charge in [-0.3, -0.25) is 15.0 Å². The number of carbonyl (C=O) groups is 2. The lowest BCUT2D eigenvalue weighted by molar-refractivity contribution is -0.126. The number of amides is 3. The van der Waals surface area contributed by atoms with Crippen molar-refractivity contribution >= 4 is 11.9 Å². The Morgan fingerprint density at radius 2 is 1.29 bits per heavy atom. The van der Waals surface area contributed by atoms with Crippen molar-refractivity contribution in [3.63, 3.8) is 0 Å². The number of hydrogen-bond donors (Lipinski definition) is 2. The summed E-state index contributed by atoms with van der Waals surface area (Å²) in [6.07, 6.45) is 0. The highest BCUT2D eigenvalue weighted by molar-refractivity contribution is 5.96. The molecule has 3 amide bonds. The van der Waals surface area contributed by atoms with E-state index in [0.29, 0.717) is 13.1 Å². The molecule has 0 bridgehead atoms. The van der Waals surface area contributed by atoms with E-state index in [1.54, 1.807) is 0 Å². The maximum absolute atomic E-state index is 12.9. The maximum atomic E-state index is 12.9. The number of benzene rings is 3. The average Bonchev–Trinajstić information content (AvgIpc) is 2.85. The fraction of sp³-hybridized carbons (Fsp3) is 0.130. The Morgan fingerprint density at radius 1 is 0.786 bits per heavy atom. The van der Waals surface area contributed by atoms with Crippen LogP contribution in [0.2, 0.25) is 0 Å². The summed E-state index contributed by atoms with van der Waals surface area (Å²) in [7, 11) is 0. The number of carbonyl (C=O) groups excluding carboxylic acids is 2. The molecule has 0 radical (unpaired) electrons. The zero-order valence-corrected chi connectivity index (χ0v) is 15.3. The van der Waals surface area contributed by atoms with Crippen LogP contribution < -0.4 is 11.1 Å². The minimum absolute atomic E-state index is 0.421. The second kappa shape index (κ2) is 7.66. The minimum atomic E-state index is -0.846. The quantitative estimate of drug-likeness (QED) is 0.739. The van der Waals surface area contributed by atoms with Crippen LogP contribution in [0.3, 0.4) is 0 Å². The molecule has 0 saturated heterocycles. The highest BCUT2D eigenvalue weighted by Crippen LogP contribution is 2.36. The summed E-state index contributed by atoms with van der Waals surface area (Å²) < 4.78 is 0. The Labute approximate surface area is 163 Å². The van der Waals surface area contributed by atoms with E-state index in [9.17, 15) is 9.59 Å². The Kier molecular flexibility index (Phi) is 4.91. The van der Waals surface area contributed by atoms with Crippen molar-refractivity contribution in [2.24, 2.45) is 5.73 Å². The molecule has 3 aromatic carbocycles. The van der Waals surface area contributed by atoms with Gasteiger partial charge in [0.15, 0.2) is 0 Å². The van der Waals surface area contributed by atoms with Crippen molar-refractivity contribution in [1.29, 1.82) is 0 Å². The Hall–Kier alpha value is -3.44. The maximum Gasteiger partial charge on any atom is 0.318 e. The average molecular weight is 371 g/mol. The van der Waals surface area contributed by atoms with E-state index in [0.717, 1.165) is 16.7 Å². The van der Waals surface area contributed by atoms with Gasteiger partial charge < -0.3 is 5.73 Å². The fourth-order valence-electron chi connectivity index (χ4n) is 3.87. The Bertz CT molecular complexity index is 970. The van der Waals surface area contributed by atoms with Gasteiger partial charge in [-0.2, -0.15) is 0 Å². The molecule has 3 aromatic rings. The standard InChI is InChI=1S/C23H21N3O2/c24-23(28)25-22(27)21(16-8-2-1-3-9-16)26-14-17-10-4-6-12-19(17)20-13-7-5-11-18(20)15-26/h1-13,21H,14-15H2,(H3,24,25,27,28). The molecule has 1 aliphatic rings. The molecule has 4 rings (SSSR count). The van der Waals surface area contributed by atoms with Crippen molar-refractivity contribution in [2.45, 2.75) is 19.1 Å². The fourth-order valence-corrected chi connectivity index (χ4v) is 3.87. The van der Waals surface area contributed by atoms with Crippen LogP contribution >= 0.6 is 0 Å². The molecule has 5 heteroatoms. The molecule has 140 valence electrons. The number of nitrogens with one attached hydrogen (secondary N) is 1. The summed E-state index contributed by atoms with van der Waals surface area (Å²) >= 11 is 0. The van der Waals surface area contributed by atoms with Gasteiger partial charge in [0, 0.05) is 13.1 Å². The molecule has 0 fully saturated rings. The van der Waals surface area contributed by atoms with Gasteiger partial charge in [0.1, 0.15) is 6.04 Å². The second-order valence-electron chi connectivity index (χ2n) is 6.89. The van der Waals surface area contributed by atoms with Crippen LogP contribution in [0.5, 0.6) is 0 Å². The number of nitrogens with two attached hydrogens (primary N) is 1. The van der Waals surface area contributed by atoms with Gasteiger partial charge in [0.2, 0.25) is 5.91 Å². The van der Waals surface area contributed by atoms with E-state index < -0.39 is 18.0 Å². The van der Waals surface area contributed by atoms with Crippen LogP contribution in [0, 0.1) is 0 Å². The topological polar surface area (TPSA) is 75.4 Å². The van der Waals surface area contributed by atoms with E-state index >= 15 is 0 Å². The summed E-state index contributed by atoms with van der Waals surface area (Å²) in [5.74, 6) is -0.421. The van der Waals surface area contributed by atoms with Crippen molar-refractivity contribution in [3.05, 3.63) is 95.6 Å². The molecule has 28 heavy (non-hydrogen) atoms. The first-order chi connectivity index (χ1) is 13.6. The lowest BCUT2D eigenvalue weighted by Gasteiger charge is -2.30. The van der Waals surface area contributed by atoms with E-state index in [1.807, 2.05) is 54.6 Å². The predicted molar refractivity (Wildman–Crippen MR) is 108 cm³/mol. The number of rotatable bonds is 3. The summed E-state index contributed by atoms with van der Waals surface area (Å²) in [5, 5.41) is 2.27. The summed E-state index contributed by atoms with van der Waals surface area (Å²) in [4.78, 5) is 26.4. The zero-order chi connectivity index (χ0) is 19.5. The van der Waals surface area contributed by atoms with Crippen LogP contribution in [0.15, 0.2) is 78.9 Å². The lowest BCUT2D eigenvalue weighted by atomic mass is 9.97. The van der Waals surface area contributed by atoms with E-state index in [1.165, 1.54) is 11.1 Å². The molecule has 0 aliphatic carbocycles. The van der Waals surface area contributed by atoms with Crippen LogP contribution in [0.4, 0.5) is 4.79 Å². The largest absolute Gasteiger partial charge is 0.351 e. The predicted octanol–water partition coefficient (Wildman–Crippen LogP) is 3.61. The van der Waals surface area contributed by atoms with Gasteiger partial charge in [-0.1, -0.05) is 78.9 Å². The molecule has 3 N–H and O–H groups in total. The van der Waals surface area contributed by atoms with Crippen molar-refractivity contribution in [2.75, 3.05) is 0 Å². The van der Waals surface area contributed by atoms with Crippen LogP contribution in [0.25, 0.3) is 11.1 Å². The first-order valence-electron chi connectivity index (χ1n) is 9.19. The number of imide groups is 1. The number of primary amides is 1. The van der Waals surface area contributed by atoms with Crippen molar-refractivity contribution in [1.82, 2.24) is 10.2 Å². The molecule has 5 nitrogen and oxygen atoms in total. The monoisotopic (exact) mass is 371 g/mol. The minimum Gasteiger partial charge on any atom is -0.351 e. The molecule has 1 unspecified atom stereocenters. The molecule has 1 heterocycles. The molecule has 1 atom stereocenters. The summed E-state index contributed by atoms with van der Waals surface area (Å²) in [5.41, 5.74) is 10.7. The molecule has 0 saturated carbocycles. The number of fused-ring (bicyclic) bond motifs is 3. The van der Waals surface area contributed by atoms with Gasteiger partial charge in [-0.15, -0.1) is 0 Å². The first kappa shape index (κ1) is 17.9. The van der Waals surface area contributed by atoms with Gasteiger partial charge >= 0.3 is 6.03 Å². The third-order valence-corrected chi connectivity index (χ3v) is 5.05. The second-order valence-corrected chi connectivity index (χ2v) is 6.89. The lowest BCUT2D eigenvalue weighted by Crippen LogP contribution is -2.44. The van der Waals surface area contributed by atoms with Gasteiger partial charge in [0.25, 0.3) is 0 Å². The third kappa shape index (κ3) is 3.52. The van der Waals surface area contributed by atoms with Crippen molar-refractivity contribution in [3.8, 4) is 11.1 Å². The van der Waals surface area contributed by atoms with Gasteiger partial charge in [-0.25, -0.2) is 4.79 Å². The zero-order valence-electron chi connectivity index (χ0n) is 15.3. The van der Waals surface area contributed by atoms with Crippen molar-refractivity contribution < 1.29 is 9.59 Å². The highest BCUT2D eigenvalue weighted by atomic mass is 16.2. The molecule has 0 spiro atoms. The molecular weight excluding hydrogens is 350 g/mol. The highest BCUT2D eigenvalue weighted by Gasteiger charge is 2.31. The normalized spacial score (nSPS) is 14.3. The number of nitrogens with zero attached hydrogens (tertiary/aromatic N) is 1. The van der Waals surface area contributed by atoms with E-state index in [2.05, 4.69) is 34.5 Å². The van der Waals surface area contributed by atoms with Crippen LogP contribution in [-0.2, 0) is 17.9 Å². The Balaban J connectivity index is 1.81. The third-order valence-electron chi connectivity index (χ3n) is 5.05. The summed E-state index contributed by atoms with van der Waals surface area (Å²) in [6.45, 7) is 1.16. The SMILES string of the molecule is NC(=O)NC(=O)C(c1ccccc1)N1Cc2ccccc2-c2ccccc2C1. The summed E-state index contributed by atoms with van der Waals surface area (Å²) in [6, 6.07) is 24.4.